The Hall–Kier alpha value is -2.80. The number of carbonyl (C=O) groups excluding carboxylic acids is 1. The predicted molar refractivity (Wildman–Crippen MR) is 104 cm³/mol. The third-order valence-corrected chi connectivity index (χ3v) is 4.76. The van der Waals surface area contributed by atoms with E-state index in [1.54, 1.807) is 23.1 Å². The first-order chi connectivity index (χ1) is 13.2. The molecule has 0 radical (unpaired) electrons. The first kappa shape index (κ1) is 19.0. The van der Waals surface area contributed by atoms with Gasteiger partial charge in [-0.15, -0.1) is 0 Å². The molecule has 3 aromatic heterocycles. The molecule has 0 saturated heterocycles. The Bertz CT molecular complexity index is 888. The molecule has 1 N–H and O–H groups in total. The van der Waals surface area contributed by atoms with Crippen molar-refractivity contribution in [3.8, 4) is 0 Å². The second-order valence-electron chi connectivity index (χ2n) is 6.47. The quantitative estimate of drug-likeness (QED) is 0.663. The van der Waals surface area contributed by atoms with Gasteiger partial charge in [0.05, 0.1) is 12.2 Å². The molecule has 1 amide bonds. The van der Waals surface area contributed by atoms with Gasteiger partial charge in [0.2, 0.25) is 0 Å². The maximum absolute atomic E-state index is 12.8. The molecule has 0 bridgehead atoms. The maximum Gasteiger partial charge on any atom is 0.257 e. The topological polar surface area (TPSA) is 75.4 Å². The van der Waals surface area contributed by atoms with Gasteiger partial charge in [0.1, 0.15) is 5.56 Å². The molecule has 7 heteroatoms. The van der Waals surface area contributed by atoms with E-state index < -0.39 is 0 Å². The van der Waals surface area contributed by atoms with E-state index in [0.717, 1.165) is 37.2 Å². The number of aromatic nitrogens is 4. The van der Waals surface area contributed by atoms with Crippen molar-refractivity contribution in [2.45, 2.75) is 39.8 Å². The van der Waals surface area contributed by atoms with E-state index in [9.17, 15) is 4.79 Å². The van der Waals surface area contributed by atoms with Crippen molar-refractivity contribution >= 4 is 11.6 Å². The van der Waals surface area contributed by atoms with Gasteiger partial charge < -0.3 is 5.32 Å². The van der Waals surface area contributed by atoms with Crippen LogP contribution in [0, 0.1) is 0 Å². The fourth-order valence-corrected chi connectivity index (χ4v) is 3.10. The summed E-state index contributed by atoms with van der Waals surface area (Å²) in [5.74, 6) is -0.176. The summed E-state index contributed by atoms with van der Waals surface area (Å²) in [6.45, 7) is 9.08. The Morgan fingerprint density at radius 2 is 2.04 bits per heavy atom. The first-order valence-electron chi connectivity index (χ1n) is 9.41. The lowest BCUT2D eigenvalue weighted by Crippen LogP contribution is -2.28. The summed E-state index contributed by atoms with van der Waals surface area (Å²) in [7, 11) is 0. The average molecular weight is 366 g/mol. The number of rotatable bonds is 8. The van der Waals surface area contributed by atoms with Crippen molar-refractivity contribution in [3.05, 3.63) is 59.8 Å². The first-order valence-corrected chi connectivity index (χ1v) is 9.41. The Kier molecular flexibility index (Phi) is 6.13. The van der Waals surface area contributed by atoms with Crippen LogP contribution < -0.4 is 5.32 Å². The molecule has 0 aliphatic heterocycles. The van der Waals surface area contributed by atoms with E-state index in [-0.39, 0.29) is 11.9 Å². The van der Waals surface area contributed by atoms with Crippen LogP contribution in [0.4, 0.5) is 0 Å². The van der Waals surface area contributed by atoms with E-state index in [4.69, 9.17) is 0 Å². The Morgan fingerprint density at radius 3 is 2.70 bits per heavy atom. The zero-order valence-electron chi connectivity index (χ0n) is 16.1. The predicted octanol–water partition coefficient (Wildman–Crippen LogP) is 2.85. The van der Waals surface area contributed by atoms with Crippen LogP contribution in [0.15, 0.2) is 43.1 Å². The minimum atomic E-state index is -0.176. The van der Waals surface area contributed by atoms with Crippen molar-refractivity contribution in [1.29, 1.82) is 0 Å². The largest absolute Gasteiger partial charge is 0.345 e. The molecule has 142 valence electrons. The van der Waals surface area contributed by atoms with E-state index in [0.29, 0.717) is 11.2 Å². The number of pyridine rings is 1. The summed E-state index contributed by atoms with van der Waals surface area (Å²) >= 11 is 0. The van der Waals surface area contributed by atoms with Crippen LogP contribution in [0.25, 0.3) is 5.65 Å². The average Bonchev–Trinajstić information content (AvgIpc) is 3.14. The lowest BCUT2D eigenvalue weighted by Gasteiger charge is -2.17. The highest BCUT2D eigenvalue weighted by atomic mass is 16.1. The molecule has 0 aromatic carbocycles. The zero-order chi connectivity index (χ0) is 19.2. The second-order valence-corrected chi connectivity index (χ2v) is 6.47. The molecule has 0 aliphatic carbocycles. The van der Waals surface area contributed by atoms with E-state index in [2.05, 4.69) is 39.1 Å². The van der Waals surface area contributed by atoms with Crippen LogP contribution in [0.1, 0.15) is 54.7 Å². The van der Waals surface area contributed by atoms with E-state index >= 15 is 0 Å². The number of hydrogen-bond donors (Lipinski definition) is 1. The molecule has 3 heterocycles. The number of nitrogens with zero attached hydrogens (tertiary/aromatic N) is 5. The fourth-order valence-electron chi connectivity index (χ4n) is 3.10. The summed E-state index contributed by atoms with van der Waals surface area (Å²) in [5.41, 5.74) is 3.10. The minimum Gasteiger partial charge on any atom is -0.345 e. The van der Waals surface area contributed by atoms with Gasteiger partial charge in [-0.1, -0.05) is 26.8 Å². The van der Waals surface area contributed by atoms with Gasteiger partial charge in [0.15, 0.2) is 5.65 Å². The van der Waals surface area contributed by atoms with Crippen LogP contribution in [0.2, 0.25) is 0 Å². The number of nitrogens with one attached hydrogen (secondary N) is 1. The molecule has 0 aliphatic rings. The molecule has 1 atom stereocenters. The van der Waals surface area contributed by atoms with Crippen molar-refractivity contribution in [2.75, 3.05) is 13.1 Å². The van der Waals surface area contributed by atoms with Gasteiger partial charge in [-0.2, -0.15) is 5.10 Å². The van der Waals surface area contributed by atoms with Crippen LogP contribution >= 0.6 is 0 Å². The standard InChI is InChI=1S/C20H26N6O/c1-4-18(16-8-7-9-21-11-16)24-20(27)17-12-23-26-14-15(10-22-19(17)26)13-25(5-2)6-3/h7-12,14,18H,4-6,13H2,1-3H3,(H,24,27)/t18-/m0/s1. The summed E-state index contributed by atoms with van der Waals surface area (Å²) in [4.78, 5) is 23.7. The molecule has 3 rings (SSSR count). The molecular weight excluding hydrogens is 340 g/mol. The van der Waals surface area contributed by atoms with Gasteiger partial charge in [-0.05, 0) is 31.1 Å². The van der Waals surface area contributed by atoms with Gasteiger partial charge >= 0.3 is 0 Å². The Balaban J connectivity index is 1.79. The molecule has 0 saturated carbocycles. The monoisotopic (exact) mass is 366 g/mol. The third kappa shape index (κ3) is 4.31. The molecule has 7 nitrogen and oxygen atoms in total. The smallest absolute Gasteiger partial charge is 0.257 e. The summed E-state index contributed by atoms with van der Waals surface area (Å²) in [6.07, 6.45) is 9.62. The van der Waals surface area contributed by atoms with Gasteiger partial charge in [-0.25, -0.2) is 9.50 Å². The van der Waals surface area contributed by atoms with Crippen molar-refractivity contribution in [3.63, 3.8) is 0 Å². The molecule has 0 spiro atoms. The van der Waals surface area contributed by atoms with Gasteiger partial charge in [-0.3, -0.25) is 14.7 Å². The Morgan fingerprint density at radius 1 is 1.22 bits per heavy atom. The highest BCUT2D eigenvalue weighted by Crippen LogP contribution is 2.17. The van der Waals surface area contributed by atoms with Crippen LogP contribution in [0.3, 0.4) is 0 Å². The maximum atomic E-state index is 12.8. The summed E-state index contributed by atoms with van der Waals surface area (Å²) in [6, 6.07) is 3.75. The highest BCUT2D eigenvalue weighted by molar-refractivity contribution is 5.99. The number of amides is 1. The number of carbonyl (C=O) groups is 1. The van der Waals surface area contributed by atoms with Crippen LogP contribution in [-0.2, 0) is 6.54 Å². The lowest BCUT2D eigenvalue weighted by atomic mass is 10.1. The summed E-state index contributed by atoms with van der Waals surface area (Å²) < 4.78 is 1.68. The third-order valence-electron chi connectivity index (χ3n) is 4.76. The van der Waals surface area contributed by atoms with Gasteiger partial charge in [0, 0.05) is 36.9 Å². The van der Waals surface area contributed by atoms with E-state index in [1.165, 1.54) is 0 Å². The zero-order valence-corrected chi connectivity index (χ0v) is 16.1. The van der Waals surface area contributed by atoms with E-state index in [1.807, 2.05) is 31.5 Å². The van der Waals surface area contributed by atoms with Crippen LogP contribution in [0.5, 0.6) is 0 Å². The normalized spacial score (nSPS) is 12.4. The second kappa shape index (κ2) is 8.73. The van der Waals surface area contributed by atoms with Crippen molar-refractivity contribution < 1.29 is 4.79 Å². The molecule has 3 aromatic rings. The molecule has 0 unspecified atom stereocenters. The number of fused-ring (bicyclic) bond motifs is 1. The van der Waals surface area contributed by atoms with Crippen molar-refractivity contribution in [2.24, 2.45) is 0 Å². The highest BCUT2D eigenvalue weighted by Gasteiger charge is 2.19. The Labute approximate surface area is 159 Å². The number of hydrogen-bond acceptors (Lipinski definition) is 5. The summed E-state index contributed by atoms with van der Waals surface area (Å²) in [5, 5.41) is 7.39. The molecule has 27 heavy (non-hydrogen) atoms. The molecule has 0 fully saturated rings. The van der Waals surface area contributed by atoms with Crippen LogP contribution in [-0.4, -0.2) is 43.5 Å². The fraction of sp³-hybridized carbons (Fsp3) is 0.400. The lowest BCUT2D eigenvalue weighted by molar-refractivity contribution is 0.0937. The van der Waals surface area contributed by atoms with Gasteiger partial charge in [0.25, 0.3) is 5.91 Å². The SMILES string of the molecule is CC[C@H](NC(=O)c1cnn2cc(CN(CC)CC)cnc12)c1cccnc1. The van der Waals surface area contributed by atoms with Crippen molar-refractivity contribution in [1.82, 2.24) is 29.8 Å². The molecular formula is C20H26N6O. The minimum absolute atomic E-state index is 0.0944.